The molecule has 0 spiro atoms. The van der Waals surface area contributed by atoms with Crippen LogP contribution in [0.2, 0.25) is 0 Å². The molecule has 0 unspecified atom stereocenters. The summed E-state index contributed by atoms with van der Waals surface area (Å²) in [5.41, 5.74) is 0. The number of carbonyl (C=O) groups is 1. The normalized spacial score (nSPS) is 17.4. The highest BCUT2D eigenvalue weighted by molar-refractivity contribution is 5.76. The number of likely N-dealkylation sites (tertiary alicyclic amines) is 1. The van der Waals surface area contributed by atoms with Crippen molar-refractivity contribution in [3.8, 4) is 11.8 Å². The van der Waals surface area contributed by atoms with Gasteiger partial charge in [0, 0.05) is 25.4 Å². The number of piperidine rings is 1. The zero-order chi connectivity index (χ0) is 10.4. The van der Waals surface area contributed by atoms with Crippen LogP contribution in [0.3, 0.4) is 0 Å². The van der Waals surface area contributed by atoms with Gasteiger partial charge in [0.05, 0.1) is 0 Å². The van der Waals surface area contributed by atoms with Gasteiger partial charge in [-0.15, -0.1) is 11.8 Å². The number of rotatable bonds is 2. The summed E-state index contributed by atoms with van der Waals surface area (Å²) in [5.74, 6) is 6.98. The molecule has 2 heteroatoms. The van der Waals surface area contributed by atoms with Gasteiger partial charge in [-0.2, -0.15) is 0 Å². The van der Waals surface area contributed by atoms with E-state index in [2.05, 4.69) is 11.8 Å². The first kappa shape index (κ1) is 11.1. The first-order valence-electron chi connectivity index (χ1n) is 5.48. The lowest BCUT2D eigenvalue weighted by molar-refractivity contribution is -0.132. The van der Waals surface area contributed by atoms with E-state index < -0.39 is 0 Å². The number of amides is 1. The van der Waals surface area contributed by atoms with Crippen LogP contribution >= 0.6 is 0 Å². The molecule has 1 heterocycles. The van der Waals surface area contributed by atoms with Crippen molar-refractivity contribution in [2.24, 2.45) is 5.92 Å². The van der Waals surface area contributed by atoms with Crippen LogP contribution in [-0.2, 0) is 4.79 Å². The Bertz CT molecular complexity index is 241. The maximum absolute atomic E-state index is 11.6. The molecule has 0 bridgehead atoms. The molecule has 14 heavy (non-hydrogen) atoms. The van der Waals surface area contributed by atoms with E-state index in [-0.39, 0.29) is 0 Å². The van der Waals surface area contributed by atoms with Crippen molar-refractivity contribution in [3.05, 3.63) is 0 Å². The van der Waals surface area contributed by atoms with E-state index in [1.165, 1.54) is 0 Å². The first-order chi connectivity index (χ1) is 6.77. The van der Waals surface area contributed by atoms with Crippen LogP contribution < -0.4 is 0 Å². The highest BCUT2D eigenvalue weighted by Gasteiger charge is 2.20. The molecule has 1 saturated heterocycles. The molecule has 1 aliphatic heterocycles. The second-order valence-electron chi connectivity index (χ2n) is 3.80. The van der Waals surface area contributed by atoms with Gasteiger partial charge in [0.1, 0.15) is 0 Å². The van der Waals surface area contributed by atoms with Gasteiger partial charge in [-0.25, -0.2) is 0 Å². The second kappa shape index (κ2) is 5.70. The molecule has 2 nitrogen and oxygen atoms in total. The number of hydrogen-bond acceptors (Lipinski definition) is 1. The molecule has 0 aromatic rings. The van der Waals surface area contributed by atoms with Gasteiger partial charge in [-0.05, 0) is 26.2 Å². The first-order valence-corrected chi connectivity index (χ1v) is 5.48. The predicted molar refractivity (Wildman–Crippen MR) is 57.7 cm³/mol. The topological polar surface area (TPSA) is 20.3 Å². The zero-order valence-corrected chi connectivity index (χ0v) is 9.18. The minimum Gasteiger partial charge on any atom is -0.343 e. The quantitative estimate of drug-likeness (QED) is 0.615. The van der Waals surface area contributed by atoms with Crippen LogP contribution in [0, 0.1) is 17.8 Å². The van der Waals surface area contributed by atoms with Gasteiger partial charge in [-0.3, -0.25) is 4.79 Å². The lowest BCUT2D eigenvalue weighted by Crippen LogP contribution is -2.38. The van der Waals surface area contributed by atoms with Crippen molar-refractivity contribution in [2.45, 2.75) is 39.5 Å². The highest BCUT2D eigenvalue weighted by Crippen LogP contribution is 2.17. The van der Waals surface area contributed by atoms with Gasteiger partial charge >= 0.3 is 0 Å². The van der Waals surface area contributed by atoms with E-state index in [1.807, 2.05) is 18.7 Å². The third-order valence-electron chi connectivity index (χ3n) is 2.66. The Morgan fingerprint density at radius 2 is 2.07 bits per heavy atom. The Balaban J connectivity index is 2.34. The van der Waals surface area contributed by atoms with E-state index in [0.29, 0.717) is 18.2 Å². The Kier molecular flexibility index (Phi) is 4.52. The number of nitrogens with zero attached hydrogens (tertiary/aromatic N) is 1. The molecule has 0 aromatic heterocycles. The Morgan fingerprint density at radius 1 is 1.43 bits per heavy atom. The third kappa shape index (κ3) is 3.06. The van der Waals surface area contributed by atoms with Crippen molar-refractivity contribution < 1.29 is 4.79 Å². The summed E-state index contributed by atoms with van der Waals surface area (Å²) >= 11 is 0. The van der Waals surface area contributed by atoms with E-state index >= 15 is 0 Å². The molecule has 0 aliphatic carbocycles. The highest BCUT2D eigenvalue weighted by atomic mass is 16.2. The van der Waals surface area contributed by atoms with Gasteiger partial charge < -0.3 is 4.90 Å². The number of hydrogen-bond donors (Lipinski definition) is 0. The van der Waals surface area contributed by atoms with Crippen LogP contribution in [0.4, 0.5) is 0 Å². The van der Waals surface area contributed by atoms with E-state index in [0.717, 1.165) is 32.4 Å². The second-order valence-corrected chi connectivity index (χ2v) is 3.80. The molecule has 0 radical (unpaired) electrons. The SMILES string of the molecule is CC#CC1CCN(C(=O)CCC)CC1. The van der Waals surface area contributed by atoms with Crippen LogP contribution in [0.25, 0.3) is 0 Å². The largest absolute Gasteiger partial charge is 0.343 e. The smallest absolute Gasteiger partial charge is 0.222 e. The average molecular weight is 193 g/mol. The van der Waals surface area contributed by atoms with Crippen LogP contribution in [-0.4, -0.2) is 23.9 Å². The Morgan fingerprint density at radius 3 is 2.57 bits per heavy atom. The van der Waals surface area contributed by atoms with Crippen LogP contribution in [0.5, 0.6) is 0 Å². The zero-order valence-electron chi connectivity index (χ0n) is 9.18. The average Bonchev–Trinajstić information content (AvgIpc) is 2.20. The van der Waals surface area contributed by atoms with Crippen LogP contribution in [0.1, 0.15) is 39.5 Å². The predicted octanol–water partition coefficient (Wildman–Crippen LogP) is 2.05. The Labute approximate surface area is 86.7 Å². The summed E-state index contributed by atoms with van der Waals surface area (Å²) in [6.07, 6.45) is 3.75. The summed E-state index contributed by atoms with van der Waals surface area (Å²) in [4.78, 5) is 13.5. The van der Waals surface area contributed by atoms with Crippen molar-refractivity contribution in [1.29, 1.82) is 0 Å². The molecule has 0 aromatic carbocycles. The molecular weight excluding hydrogens is 174 g/mol. The van der Waals surface area contributed by atoms with Gasteiger partial charge in [0.2, 0.25) is 5.91 Å². The van der Waals surface area contributed by atoms with Crippen molar-refractivity contribution >= 4 is 5.91 Å². The minimum absolute atomic E-state index is 0.315. The van der Waals surface area contributed by atoms with Crippen molar-refractivity contribution in [2.75, 3.05) is 13.1 Å². The molecule has 78 valence electrons. The molecule has 1 aliphatic rings. The van der Waals surface area contributed by atoms with Gasteiger partial charge in [0.25, 0.3) is 0 Å². The fourth-order valence-corrected chi connectivity index (χ4v) is 1.85. The standard InChI is InChI=1S/C12H19NO/c1-3-5-11-7-9-13(10-8-11)12(14)6-4-2/h11H,4,6-10H2,1-2H3. The maximum atomic E-state index is 11.6. The fraction of sp³-hybridized carbons (Fsp3) is 0.750. The summed E-state index contributed by atoms with van der Waals surface area (Å²) < 4.78 is 0. The lowest BCUT2D eigenvalue weighted by atomic mass is 9.97. The maximum Gasteiger partial charge on any atom is 0.222 e. The molecule has 0 N–H and O–H groups in total. The van der Waals surface area contributed by atoms with Gasteiger partial charge in [0.15, 0.2) is 0 Å². The molecular formula is C12H19NO. The minimum atomic E-state index is 0.315. The summed E-state index contributed by atoms with van der Waals surface area (Å²) in [6.45, 7) is 5.73. The molecule has 1 rings (SSSR count). The van der Waals surface area contributed by atoms with Gasteiger partial charge in [-0.1, -0.05) is 6.92 Å². The molecule has 0 saturated carbocycles. The molecule has 1 amide bonds. The third-order valence-corrected chi connectivity index (χ3v) is 2.66. The van der Waals surface area contributed by atoms with Crippen molar-refractivity contribution in [3.63, 3.8) is 0 Å². The monoisotopic (exact) mass is 193 g/mol. The molecule has 1 fully saturated rings. The number of carbonyl (C=O) groups excluding carboxylic acids is 1. The summed E-state index contributed by atoms with van der Waals surface area (Å²) in [6, 6.07) is 0. The van der Waals surface area contributed by atoms with E-state index in [4.69, 9.17) is 0 Å². The fourth-order valence-electron chi connectivity index (χ4n) is 1.85. The summed E-state index contributed by atoms with van der Waals surface area (Å²) in [7, 11) is 0. The summed E-state index contributed by atoms with van der Waals surface area (Å²) in [5, 5.41) is 0. The molecule has 0 atom stereocenters. The lowest BCUT2D eigenvalue weighted by Gasteiger charge is -2.29. The van der Waals surface area contributed by atoms with E-state index in [1.54, 1.807) is 0 Å². The Hall–Kier alpha value is -0.970. The van der Waals surface area contributed by atoms with E-state index in [9.17, 15) is 4.79 Å². The van der Waals surface area contributed by atoms with Crippen molar-refractivity contribution in [1.82, 2.24) is 4.90 Å². The van der Waals surface area contributed by atoms with Crippen LogP contribution in [0.15, 0.2) is 0 Å².